The predicted octanol–water partition coefficient (Wildman–Crippen LogP) is 3.88. The lowest BCUT2D eigenvalue weighted by molar-refractivity contribution is -0.384. The number of benzene rings is 2. The van der Waals surface area contributed by atoms with Crippen LogP contribution in [0.5, 0.6) is 0 Å². The standard InChI is InChI=1S/C22H22FN5O4/c1-14(22-25-20(26-32-22)15-6-8-17(23)9-7-15)24-21(29)16-10-12-27(13-11-16)18-4-2-3-5-19(18)28(30)31/h2-9,14,16H,10-13H2,1H3,(H,24,29). The smallest absolute Gasteiger partial charge is 0.292 e. The number of nitrogens with zero attached hydrogens (tertiary/aromatic N) is 4. The quantitative estimate of drug-likeness (QED) is 0.458. The molecule has 2 aromatic carbocycles. The number of carbonyl (C=O) groups is 1. The van der Waals surface area contributed by atoms with Gasteiger partial charge in [-0.3, -0.25) is 14.9 Å². The molecule has 1 aliphatic heterocycles. The Morgan fingerprint density at radius 2 is 1.91 bits per heavy atom. The van der Waals surface area contributed by atoms with Gasteiger partial charge in [-0.2, -0.15) is 4.98 Å². The van der Waals surface area contributed by atoms with Crippen molar-refractivity contribution >= 4 is 17.3 Å². The van der Waals surface area contributed by atoms with Crippen LogP contribution in [0.25, 0.3) is 11.4 Å². The summed E-state index contributed by atoms with van der Waals surface area (Å²) >= 11 is 0. The van der Waals surface area contributed by atoms with Crippen molar-refractivity contribution in [3.8, 4) is 11.4 Å². The molecule has 32 heavy (non-hydrogen) atoms. The molecule has 1 aromatic heterocycles. The fourth-order valence-corrected chi connectivity index (χ4v) is 3.79. The SMILES string of the molecule is CC(NC(=O)C1CCN(c2ccccc2[N+](=O)[O-])CC1)c1nc(-c2ccc(F)cc2)no1. The normalized spacial score (nSPS) is 15.4. The van der Waals surface area contributed by atoms with E-state index in [0.717, 1.165) is 0 Å². The maximum absolute atomic E-state index is 13.1. The molecule has 0 bridgehead atoms. The summed E-state index contributed by atoms with van der Waals surface area (Å²) in [6.07, 6.45) is 1.16. The Bertz CT molecular complexity index is 1110. The van der Waals surface area contributed by atoms with E-state index in [1.54, 1.807) is 37.3 Å². The van der Waals surface area contributed by atoms with Gasteiger partial charge in [-0.25, -0.2) is 4.39 Å². The molecule has 4 rings (SSSR count). The Morgan fingerprint density at radius 1 is 1.22 bits per heavy atom. The minimum atomic E-state index is -0.488. The number of nitro groups is 1. The Kier molecular flexibility index (Phi) is 6.11. The van der Waals surface area contributed by atoms with E-state index in [2.05, 4.69) is 15.5 Å². The number of para-hydroxylation sites is 2. The summed E-state index contributed by atoms with van der Waals surface area (Å²) in [5.41, 5.74) is 1.25. The number of carbonyl (C=O) groups excluding carboxylic acids is 1. The summed E-state index contributed by atoms with van der Waals surface area (Å²) < 4.78 is 18.4. The Balaban J connectivity index is 1.34. The van der Waals surface area contributed by atoms with Gasteiger partial charge >= 0.3 is 0 Å². The third kappa shape index (κ3) is 4.58. The molecule has 1 unspecified atom stereocenters. The minimum Gasteiger partial charge on any atom is -0.366 e. The third-order valence-electron chi connectivity index (χ3n) is 5.56. The zero-order chi connectivity index (χ0) is 22.7. The van der Waals surface area contributed by atoms with Crippen LogP contribution in [0.15, 0.2) is 53.1 Å². The maximum Gasteiger partial charge on any atom is 0.292 e. The van der Waals surface area contributed by atoms with Crippen molar-refractivity contribution in [3.05, 3.63) is 70.4 Å². The summed E-state index contributed by atoms with van der Waals surface area (Å²) in [5, 5.41) is 18.1. The zero-order valence-corrected chi connectivity index (χ0v) is 17.4. The molecule has 1 N–H and O–H groups in total. The Labute approximate surface area is 183 Å². The highest BCUT2D eigenvalue weighted by atomic mass is 19.1. The van der Waals surface area contributed by atoms with E-state index in [1.807, 2.05) is 4.90 Å². The summed E-state index contributed by atoms with van der Waals surface area (Å²) in [6, 6.07) is 11.9. The number of amides is 1. The predicted molar refractivity (Wildman–Crippen MR) is 114 cm³/mol. The highest BCUT2D eigenvalue weighted by molar-refractivity contribution is 5.79. The zero-order valence-electron chi connectivity index (χ0n) is 17.4. The molecule has 0 spiro atoms. The number of halogens is 1. The molecule has 10 heteroatoms. The van der Waals surface area contributed by atoms with Crippen molar-refractivity contribution in [1.29, 1.82) is 0 Å². The van der Waals surface area contributed by atoms with E-state index in [-0.39, 0.29) is 34.1 Å². The Hall–Kier alpha value is -3.82. The topological polar surface area (TPSA) is 114 Å². The number of hydrogen-bond acceptors (Lipinski definition) is 7. The average Bonchev–Trinajstić information content (AvgIpc) is 3.30. The van der Waals surface area contributed by atoms with Crippen LogP contribution in [-0.2, 0) is 4.79 Å². The number of rotatable bonds is 6. The van der Waals surface area contributed by atoms with Crippen molar-refractivity contribution in [2.75, 3.05) is 18.0 Å². The monoisotopic (exact) mass is 439 g/mol. The molecule has 1 aliphatic rings. The van der Waals surface area contributed by atoms with Gasteiger partial charge in [-0.1, -0.05) is 17.3 Å². The van der Waals surface area contributed by atoms with Gasteiger partial charge in [0, 0.05) is 30.6 Å². The van der Waals surface area contributed by atoms with Crippen LogP contribution in [0, 0.1) is 21.8 Å². The highest BCUT2D eigenvalue weighted by Gasteiger charge is 2.29. The molecule has 0 radical (unpaired) electrons. The minimum absolute atomic E-state index is 0.0670. The maximum atomic E-state index is 13.1. The molecule has 1 amide bonds. The van der Waals surface area contributed by atoms with Crippen LogP contribution in [-0.4, -0.2) is 34.1 Å². The number of nitro benzene ring substituents is 1. The van der Waals surface area contributed by atoms with Crippen LogP contribution >= 0.6 is 0 Å². The van der Waals surface area contributed by atoms with Gasteiger partial charge in [-0.15, -0.1) is 0 Å². The Morgan fingerprint density at radius 3 is 2.59 bits per heavy atom. The first kappa shape index (κ1) is 21.4. The first-order chi connectivity index (χ1) is 15.4. The lowest BCUT2D eigenvalue weighted by atomic mass is 9.95. The average molecular weight is 439 g/mol. The molecular formula is C22H22FN5O4. The van der Waals surface area contributed by atoms with Gasteiger partial charge in [0.15, 0.2) is 0 Å². The molecule has 1 atom stereocenters. The molecule has 0 saturated carbocycles. The fraction of sp³-hybridized carbons (Fsp3) is 0.318. The van der Waals surface area contributed by atoms with Gasteiger partial charge in [-0.05, 0) is 50.1 Å². The van der Waals surface area contributed by atoms with Crippen molar-refractivity contribution in [1.82, 2.24) is 15.5 Å². The number of anilines is 1. The summed E-state index contributed by atoms with van der Waals surface area (Å²) in [5.74, 6) is -0.114. The third-order valence-corrected chi connectivity index (χ3v) is 5.56. The molecule has 2 heterocycles. The molecule has 9 nitrogen and oxygen atoms in total. The van der Waals surface area contributed by atoms with E-state index in [0.29, 0.717) is 43.0 Å². The molecule has 166 valence electrons. The molecule has 3 aromatic rings. The highest BCUT2D eigenvalue weighted by Crippen LogP contribution is 2.31. The second-order valence-electron chi connectivity index (χ2n) is 7.70. The second-order valence-corrected chi connectivity index (χ2v) is 7.70. The van der Waals surface area contributed by atoms with E-state index >= 15 is 0 Å². The molecular weight excluding hydrogens is 417 g/mol. The molecule has 1 saturated heterocycles. The molecule has 0 aliphatic carbocycles. The molecule has 1 fully saturated rings. The number of nitrogens with one attached hydrogen (secondary N) is 1. The van der Waals surface area contributed by atoms with E-state index in [9.17, 15) is 19.3 Å². The van der Waals surface area contributed by atoms with Crippen molar-refractivity contribution in [2.45, 2.75) is 25.8 Å². The van der Waals surface area contributed by atoms with E-state index in [1.165, 1.54) is 18.2 Å². The van der Waals surface area contributed by atoms with Crippen LogP contribution in [0.3, 0.4) is 0 Å². The van der Waals surface area contributed by atoms with Crippen molar-refractivity contribution in [2.24, 2.45) is 5.92 Å². The van der Waals surface area contributed by atoms with Gasteiger partial charge in [0.05, 0.1) is 4.92 Å². The number of aromatic nitrogens is 2. The van der Waals surface area contributed by atoms with Crippen LogP contribution < -0.4 is 10.2 Å². The van der Waals surface area contributed by atoms with E-state index in [4.69, 9.17) is 4.52 Å². The van der Waals surface area contributed by atoms with Gasteiger partial charge in [0.2, 0.25) is 17.6 Å². The van der Waals surface area contributed by atoms with Crippen LogP contribution in [0.4, 0.5) is 15.8 Å². The van der Waals surface area contributed by atoms with Crippen molar-refractivity contribution in [3.63, 3.8) is 0 Å². The van der Waals surface area contributed by atoms with Gasteiger partial charge in [0.25, 0.3) is 5.69 Å². The fourth-order valence-electron chi connectivity index (χ4n) is 3.79. The summed E-state index contributed by atoms with van der Waals surface area (Å²) in [4.78, 5) is 29.9. The second kappa shape index (κ2) is 9.13. The van der Waals surface area contributed by atoms with E-state index < -0.39 is 6.04 Å². The first-order valence-electron chi connectivity index (χ1n) is 10.3. The largest absolute Gasteiger partial charge is 0.366 e. The lowest BCUT2D eigenvalue weighted by Crippen LogP contribution is -2.41. The van der Waals surface area contributed by atoms with Crippen LogP contribution in [0.2, 0.25) is 0 Å². The summed E-state index contributed by atoms with van der Waals surface area (Å²) in [6.45, 7) is 2.85. The lowest BCUT2D eigenvalue weighted by Gasteiger charge is -2.32. The number of piperidine rings is 1. The van der Waals surface area contributed by atoms with Crippen molar-refractivity contribution < 1.29 is 18.6 Å². The van der Waals surface area contributed by atoms with Gasteiger partial charge in [0.1, 0.15) is 17.5 Å². The van der Waals surface area contributed by atoms with Gasteiger partial charge < -0.3 is 14.7 Å². The first-order valence-corrected chi connectivity index (χ1v) is 10.3. The number of hydrogen-bond donors (Lipinski definition) is 1. The summed E-state index contributed by atoms with van der Waals surface area (Å²) in [7, 11) is 0. The van der Waals surface area contributed by atoms with Crippen LogP contribution in [0.1, 0.15) is 31.7 Å².